The Morgan fingerprint density at radius 2 is 1.90 bits per heavy atom. The maximum Gasteiger partial charge on any atom is 0.233 e. The Bertz CT molecular complexity index is 1170. The Morgan fingerprint density at radius 3 is 2.61 bits per heavy atom. The van der Waals surface area contributed by atoms with Crippen LogP contribution in [0.1, 0.15) is 18.2 Å². The van der Waals surface area contributed by atoms with Crippen LogP contribution < -0.4 is 5.32 Å². The number of furan rings is 1. The highest BCUT2D eigenvalue weighted by Crippen LogP contribution is 2.31. The number of aromatic nitrogens is 3. The fraction of sp³-hybridized carbons (Fsp3) is 0.174. The maximum absolute atomic E-state index is 14.5. The summed E-state index contributed by atoms with van der Waals surface area (Å²) in [4.78, 5) is 12.6. The Kier molecular flexibility index (Phi) is 6.18. The number of halogens is 1. The summed E-state index contributed by atoms with van der Waals surface area (Å²) in [5.41, 5.74) is 2.24. The molecule has 2 aromatic heterocycles. The van der Waals surface area contributed by atoms with Crippen LogP contribution >= 0.6 is 11.8 Å². The van der Waals surface area contributed by atoms with E-state index in [-0.39, 0.29) is 11.7 Å². The fourth-order valence-corrected chi connectivity index (χ4v) is 3.92. The molecule has 0 aliphatic rings. The molecule has 4 aromatic rings. The van der Waals surface area contributed by atoms with Gasteiger partial charge in [0.05, 0.1) is 23.6 Å². The van der Waals surface area contributed by atoms with Crippen molar-refractivity contribution in [3.63, 3.8) is 0 Å². The van der Waals surface area contributed by atoms with Gasteiger partial charge in [0.2, 0.25) is 5.91 Å². The minimum Gasteiger partial charge on any atom is -0.467 e. The summed E-state index contributed by atoms with van der Waals surface area (Å²) in [6, 6.07) is 17.8. The highest BCUT2D eigenvalue weighted by Gasteiger charge is 2.23. The molecule has 158 valence electrons. The molecule has 1 unspecified atom stereocenters. The van der Waals surface area contributed by atoms with E-state index in [0.29, 0.717) is 28.8 Å². The molecule has 0 radical (unpaired) electrons. The number of nitrogens with zero attached hydrogens (tertiary/aromatic N) is 3. The number of aryl methyl sites for hydroxylation is 1. The van der Waals surface area contributed by atoms with Crippen LogP contribution in [-0.2, 0) is 11.3 Å². The van der Waals surface area contributed by atoms with Crippen LogP contribution in [0.5, 0.6) is 0 Å². The number of carbonyl (C=O) groups is 1. The number of rotatable bonds is 7. The number of hydrogen-bond acceptors (Lipinski definition) is 5. The molecule has 0 bridgehead atoms. The predicted molar refractivity (Wildman–Crippen MR) is 117 cm³/mol. The minimum atomic E-state index is -0.447. The first-order valence-electron chi connectivity index (χ1n) is 9.77. The topological polar surface area (TPSA) is 73.0 Å². The number of amides is 1. The van der Waals surface area contributed by atoms with Gasteiger partial charge in [0, 0.05) is 5.69 Å². The molecule has 0 fully saturated rings. The second-order valence-electron chi connectivity index (χ2n) is 7.01. The van der Waals surface area contributed by atoms with E-state index in [4.69, 9.17) is 4.42 Å². The zero-order valence-corrected chi connectivity index (χ0v) is 17.9. The Balaban J connectivity index is 1.63. The van der Waals surface area contributed by atoms with E-state index >= 15 is 0 Å². The van der Waals surface area contributed by atoms with E-state index < -0.39 is 5.25 Å². The van der Waals surface area contributed by atoms with Crippen LogP contribution in [-0.4, -0.2) is 25.9 Å². The van der Waals surface area contributed by atoms with Gasteiger partial charge in [0.15, 0.2) is 11.0 Å². The SMILES string of the molecule is Cc1ccc(-n2c(SC(C)C(=O)NCc3ccco3)nnc2-c2ccccc2F)cc1. The third-order valence-electron chi connectivity index (χ3n) is 4.71. The average molecular weight is 437 g/mol. The molecular formula is C23H21FN4O2S. The lowest BCUT2D eigenvalue weighted by molar-refractivity contribution is -0.120. The summed E-state index contributed by atoms with van der Waals surface area (Å²) in [5.74, 6) is 0.513. The summed E-state index contributed by atoms with van der Waals surface area (Å²) < 4.78 is 21.5. The molecule has 2 heterocycles. The standard InChI is InChI=1S/C23H21FN4O2S/c1-15-9-11-17(12-10-15)28-21(19-7-3-4-8-20(19)24)26-27-23(28)31-16(2)22(29)25-14-18-6-5-13-30-18/h3-13,16H,14H2,1-2H3,(H,25,29). The van der Waals surface area contributed by atoms with Crippen LogP contribution in [0.3, 0.4) is 0 Å². The molecule has 4 rings (SSSR count). The average Bonchev–Trinajstić information content (AvgIpc) is 3.43. The van der Waals surface area contributed by atoms with Crippen LogP contribution in [0.25, 0.3) is 17.1 Å². The van der Waals surface area contributed by atoms with Crippen molar-refractivity contribution in [2.45, 2.75) is 30.8 Å². The van der Waals surface area contributed by atoms with Crippen molar-refractivity contribution in [3.8, 4) is 17.1 Å². The van der Waals surface area contributed by atoms with Gasteiger partial charge in [-0.3, -0.25) is 9.36 Å². The first-order chi connectivity index (χ1) is 15.0. The summed E-state index contributed by atoms with van der Waals surface area (Å²) >= 11 is 1.26. The number of thioether (sulfide) groups is 1. The zero-order valence-electron chi connectivity index (χ0n) is 17.1. The van der Waals surface area contributed by atoms with Crippen molar-refractivity contribution in [2.24, 2.45) is 0 Å². The highest BCUT2D eigenvalue weighted by atomic mass is 32.2. The van der Waals surface area contributed by atoms with E-state index in [0.717, 1.165) is 11.3 Å². The Labute approximate surface area is 183 Å². The van der Waals surface area contributed by atoms with Crippen molar-refractivity contribution in [3.05, 3.63) is 84.1 Å². The first-order valence-corrected chi connectivity index (χ1v) is 10.6. The molecule has 0 spiro atoms. The molecule has 8 heteroatoms. The summed E-state index contributed by atoms with van der Waals surface area (Å²) in [5, 5.41) is 11.4. The van der Waals surface area contributed by atoms with Crippen LogP contribution in [0.2, 0.25) is 0 Å². The van der Waals surface area contributed by atoms with E-state index in [1.165, 1.54) is 17.8 Å². The summed E-state index contributed by atoms with van der Waals surface area (Å²) in [6.07, 6.45) is 1.56. The third kappa shape index (κ3) is 4.69. The first kappa shape index (κ1) is 20.9. The molecular weight excluding hydrogens is 415 g/mol. The van der Waals surface area contributed by atoms with Gasteiger partial charge in [-0.2, -0.15) is 0 Å². The molecule has 2 aromatic carbocycles. The van der Waals surface area contributed by atoms with Crippen molar-refractivity contribution in [1.29, 1.82) is 0 Å². The second kappa shape index (κ2) is 9.18. The molecule has 0 aliphatic carbocycles. The van der Waals surface area contributed by atoms with Crippen molar-refractivity contribution in [1.82, 2.24) is 20.1 Å². The van der Waals surface area contributed by atoms with Gasteiger partial charge >= 0.3 is 0 Å². The Hall–Kier alpha value is -3.39. The van der Waals surface area contributed by atoms with Gasteiger partial charge in [0.25, 0.3) is 0 Å². The third-order valence-corrected chi connectivity index (χ3v) is 5.75. The Morgan fingerprint density at radius 1 is 1.13 bits per heavy atom. The lowest BCUT2D eigenvalue weighted by atomic mass is 10.2. The lowest BCUT2D eigenvalue weighted by Gasteiger charge is -2.14. The van der Waals surface area contributed by atoms with Gasteiger partial charge in [-0.25, -0.2) is 4.39 Å². The van der Waals surface area contributed by atoms with E-state index in [1.54, 1.807) is 48.1 Å². The molecule has 6 nitrogen and oxygen atoms in total. The predicted octanol–water partition coefficient (Wildman–Crippen LogP) is 4.77. The molecule has 31 heavy (non-hydrogen) atoms. The zero-order chi connectivity index (χ0) is 21.8. The monoisotopic (exact) mass is 436 g/mol. The molecule has 1 atom stereocenters. The van der Waals surface area contributed by atoms with Crippen molar-refractivity contribution < 1.29 is 13.6 Å². The van der Waals surface area contributed by atoms with Gasteiger partial charge in [-0.05, 0) is 50.2 Å². The molecule has 0 saturated carbocycles. The van der Waals surface area contributed by atoms with Crippen molar-refractivity contribution in [2.75, 3.05) is 0 Å². The second-order valence-corrected chi connectivity index (χ2v) is 8.32. The molecule has 0 aliphatic heterocycles. The van der Waals surface area contributed by atoms with E-state index in [2.05, 4.69) is 15.5 Å². The van der Waals surface area contributed by atoms with Crippen molar-refractivity contribution >= 4 is 17.7 Å². The minimum absolute atomic E-state index is 0.160. The molecule has 0 saturated heterocycles. The van der Waals surface area contributed by atoms with E-state index in [9.17, 15) is 9.18 Å². The summed E-state index contributed by atoms with van der Waals surface area (Å²) in [6.45, 7) is 4.09. The molecule has 1 amide bonds. The van der Waals surface area contributed by atoms with Crippen LogP contribution in [0.15, 0.2) is 76.5 Å². The smallest absolute Gasteiger partial charge is 0.233 e. The quantitative estimate of drug-likeness (QED) is 0.423. The molecule has 1 N–H and O–H groups in total. The number of benzene rings is 2. The number of hydrogen-bond donors (Lipinski definition) is 1. The largest absolute Gasteiger partial charge is 0.467 e. The normalized spacial score (nSPS) is 12.0. The fourth-order valence-electron chi connectivity index (χ4n) is 3.03. The van der Waals surface area contributed by atoms with Gasteiger partial charge < -0.3 is 9.73 Å². The lowest BCUT2D eigenvalue weighted by Crippen LogP contribution is -2.30. The maximum atomic E-state index is 14.5. The van der Waals surface area contributed by atoms with E-state index in [1.807, 2.05) is 31.2 Å². The van der Waals surface area contributed by atoms with Crippen LogP contribution in [0, 0.1) is 12.7 Å². The number of carbonyl (C=O) groups excluding carboxylic acids is 1. The van der Waals surface area contributed by atoms with Gasteiger partial charge in [0.1, 0.15) is 11.6 Å². The highest BCUT2D eigenvalue weighted by molar-refractivity contribution is 8.00. The van der Waals surface area contributed by atoms with Gasteiger partial charge in [-0.15, -0.1) is 10.2 Å². The van der Waals surface area contributed by atoms with Crippen LogP contribution in [0.4, 0.5) is 4.39 Å². The number of nitrogens with one attached hydrogen (secondary N) is 1. The van der Waals surface area contributed by atoms with Gasteiger partial charge in [-0.1, -0.05) is 41.6 Å². The summed E-state index contributed by atoms with van der Waals surface area (Å²) in [7, 11) is 0.